The molecule has 0 aliphatic rings. The van der Waals surface area contributed by atoms with Crippen LogP contribution in [0.1, 0.15) is 29.7 Å². The minimum Gasteiger partial charge on any atom is -0.379 e. The van der Waals surface area contributed by atoms with Crippen LogP contribution in [0.15, 0.2) is 83.8 Å². The van der Waals surface area contributed by atoms with Gasteiger partial charge in [-0.05, 0) is 37.6 Å². The molecule has 0 bridgehead atoms. The van der Waals surface area contributed by atoms with Gasteiger partial charge in [0.05, 0.1) is 6.61 Å². The largest absolute Gasteiger partial charge is 0.379 e. The first-order valence-electron chi connectivity index (χ1n) is 9.13. The van der Waals surface area contributed by atoms with Crippen molar-refractivity contribution in [3.05, 3.63) is 95.6 Å². The molecule has 0 N–H and O–H groups in total. The van der Waals surface area contributed by atoms with Gasteiger partial charge in [-0.2, -0.15) is 8.42 Å². The molecule has 3 rings (SSSR count). The Labute approximate surface area is 171 Å². The fourth-order valence-electron chi connectivity index (χ4n) is 2.82. The van der Waals surface area contributed by atoms with Gasteiger partial charge in [-0.15, -0.1) is 0 Å². The normalized spacial score (nSPS) is 12.3. The minimum absolute atomic E-state index is 0.0440. The molecule has 6 heteroatoms. The quantitative estimate of drug-likeness (QED) is 0.507. The molecule has 0 fully saturated rings. The molecular formula is C23H22O5S. The molecule has 150 valence electrons. The summed E-state index contributed by atoms with van der Waals surface area (Å²) in [7, 11) is -4.05. The average Bonchev–Trinajstić information content (AvgIpc) is 2.70. The maximum atomic E-state index is 12.7. The van der Waals surface area contributed by atoms with Crippen molar-refractivity contribution in [1.29, 1.82) is 0 Å². The Morgan fingerprint density at radius 3 is 2.17 bits per heavy atom. The van der Waals surface area contributed by atoms with E-state index in [2.05, 4.69) is 0 Å². The topological polar surface area (TPSA) is 69.7 Å². The Bertz CT molecular complexity index is 1070. The highest BCUT2D eigenvalue weighted by atomic mass is 32.2. The second-order valence-corrected chi connectivity index (χ2v) is 8.22. The molecule has 1 atom stereocenters. The number of Topliss-reactive ketones (excluding diaryl/α,β-unsaturated/α-hetero) is 1. The number of hydrogen-bond donors (Lipinski definition) is 0. The maximum absolute atomic E-state index is 12.7. The van der Waals surface area contributed by atoms with Crippen molar-refractivity contribution in [2.24, 2.45) is 0 Å². The molecule has 29 heavy (non-hydrogen) atoms. The molecule has 5 nitrogen and oxygen atoms in total. The van der Waals surface area contributed by atoms with E-state index >= 15 is 0 Å². The molecular weight excluding hydrogens is 388 g/mol. The number of hydrogen-bond acceptors (Lipinski definition) is 5. The highest BCUT2D eigenvalue weighted by Crippen LogP contribution is 2.31. The SMILES string of the molecule is CC(=O)C(OCc1ccccc1)c1ccccc1OS(=O)(=O)c1ccc(C)cc1. The molecule has 0 amide bonds. The Morgan fingerprint density at radius 2 is 1.52 bits per heavy atom. The van der Waals surface area contributed by atoms with Crippen LogP contribution in [0.2, 0.25) is 0 Å². The summed E-state index contributed by atoms with van der Waals surface area (Å²) >= 11 is 0. The van der Waals surface area contributed by atoms with Crippen LogP contribution in [0.3, 0.4) is 0 Å². The van der Waals surface area contributed by atoms with Crippen LogP contribution in [0.5, 0.6) is 5.75 Å². The number of benzene rings is 3. The van der Waals surface area contributed by atoms with E-state index in [9.17, 15) is 13.2 Å². The van der Waals surface area contributed by atoms with Gasteiger partial charge in [0.25, 0.3) is 0 Å². The van der Waals surface area contributed by atoms with E-state index in [-0.39, 0.29) is 23.0 Å². The summed E-state index contributed by atoms with van der Waals surface area (Å²) in [4.78, 5) is 12.3. The Kier molecular flexibility index (Phi) is 6.46. The summed E-state index contributed by atoms with van der Waals surface area (Å²) in [6.07, 6.45) is -0.945. The lowest BCUT2D eigenvalue weighted by Gasteiger charge is -2.19. The third-order valence-corrected chi connectivity index (χ3v) is 5.59. The van der Waals surface area contributed by atoms with Crippen LogP contribution in [0, 0.1) is 6.92 Å². The number of carbonyl (C=O) groups excluding carboxylic acids is 1. The van der Waals surface area contributed by atoms with Gasteiger partial charge in [0.2, 0.25) is 0 Å². The first-order valence-corrected chi connectivity index (χ1v) is 10.5. The van der Waals surface area contributed by atoms with Crippen LogP contribution in [0.25, 0.3) is 0 Å². The number of carbonyl (C=O) groups is 1. The van der Waals surface area contributed by atoms with Gasteiger partial charge in [0, 0.05) is 5.56 Å². The van der Waals surface area contributed by atoms with Gasteiger partial charge in [0.1, 0.15) is 16.7 Å². The molecule has 0 heterocycles. The van der Waals surface area contributed by atoms with Crippen LogP contribution in [-0.2, 0) is 26.3 Å². The smallest absolute Gasteiger partial charge is 0.339 e. The Hall–Kier alpha value is -2.96. The van der Waals surface area contributed by atoms with Crippen LogP contribution in [-0.4, -0.2) is 14.2 Å². The number of para-hydroxylation sites is 1. The van der Waals surface area contributed by atoms with Crippen molar-refractivity contribution >= 4 is 15.9 Å². The van der Waals surface area contributed by atoms with Gasteiger partial charge >= 0.3 is 10.1 Å². The van der Waals surface area contributed by atoms with E-state index in [0.29, 0.717) is 5.56 Å². The fraction of sp³-hybridized carbons (Fsp3) is 0.174. The lowest BCUT2D eigenvalue weighted by Crippen LogP contribution is -2.17. The molecule has 0 saturated heterocycles. The second kappa shape index (κ2) is 9.03. The average molecular weight is 410 g/mol. The van der Waals surface area contributed by atoms with Crippen molar-refractivity contribution in [2.75, 3.05) is 0 Å². The van der Waals surface area contributed by atoms with E-state index in [1.165, 1.54) is 25.1 Å². The summed E-state index contributed by atoms with van der Waals surface area (Å²) in [5.74, 6) is -0.175. The first kappa shape index (κ1) is 20.8. The number of aryl methyl sites for hydroxylation is 1. The second-order valence-electron chi connectivity index (χ2n) is 6.68. The van der Waals surface area contributed by atoms with Crippen molar-refractivity contribution in [2.45, 2.75) is 31.5 Å². The zero-order chi connectivity index (χ0) is 20.9. The summed E-state index contributed by atoms with van der Waals surface area (Å²) in [6, 6.07) is 22.3. The lowest BCUT2D eigenvalue weighted by molar-refractivity contribution is -0.129. The monoisotopic (exact) mass is 410 g/mol. The van der Waals surface area contributed by atoms with Gasteiger partial charge in [-0.1, -0.05) is 66.2 Å². The van der Waals surface area contributed by atoms with Crippen molar-refractivity contribution in [3.63, 3.8) is 0 Å². The van der Waals surface area contributed by atoms with Crippen molar-refractivity contribution < 1.29 is 22.1 Å². The third-order valence-electron chi connectivity index (χ3n) is 4.34. The molecule has 0 aliphatic heterocycles. The zero-order valence-corrected chi connectivity index (χ0v) is 17.1. The zero-order valence-electron chi connectivity index (χ0n) is 16.2. The van der Waals surface area contributed by atoms with E-state index in [1.54, 1.807) is 30.3 Å². The molecule has 3 aromatic rings. The first-order chi connectivity index (χ1) is 13.9. The molecule has 0 spiro atoms. The van der Waals surface area contributed by atoms with Gasteiger partial charge < -0.3 is 8.92 Å². The molecule has 0 aromatic heterocycles. The van der Waals surface area contributed by atoms with Gasteiger partial charge in [-0.3, -0.25) is 4.79 Å². The Morgan fingerprint density at radius 1 is 0.897 bits per heavy atom. The molecule has 0 saturated carbocycles. The molecule has 0 radical (unpaired) electrons. The summed E-state index contributed by atoms with van der Waals surface area (Å²) in [5, 5.41) is 0. The number of rotatable bonds is 8. The summed E-state index contributed by atoms with van der Waals surface area (Å²) in [6.45, 7) is 3.49. The highest BCUT2D eigenvalue weighted by molar-refractivity contribution is 7.87. The van der Waals surface area contributed by atoms with Crippen LogP contribution in [0.4, 0.5) is 0 Å². The third kappa shape index (κ3) is 5.31. The molecule has 0 aliphatic carbocycles. The Balaban J connectivity index is 1.87. The standard InChI is InChI=1S/C23H22O5S/c1-17-12-14-20(15-13-17)29(25,26)28-22-11-7-6-10-21(22)23(18(2)24)27-16-19-8-4-3-5-9-19/h3-15,23H,16H2,1-2H3. The van der Waals surface area contributed by atoms with E-state index in [0.717, 1.165) is 11.1 Å². The highest BCUT2D eigenvalue weighted by Gasteiger charge is 2.25. The summed E-state index contributed by atoms with van der Waals surface area (Å²) in [5.41, 5.74) is 2.21. The van der Waals surface area contributed by atoms with Gasteiger partial charge in [-0.25, -0.2) is 0 Å². The van der Waals surface area contributed by atoms with Gasteiger partial charge in [0.15, 0.2) is 5.78 Å². The lowest BCUT2D eigenvalue weighted by atomic mass is 10.1. The number of ketones is 1. The maximum Gasteiger partial charge on any atom is 0.339 e. The fourth-order valence-corrected chi connectivity index (χ4v) is 3.78. The van der Waals surface area contributed by atoms with Crippen molar-refractivity contribution in [3.8, 4) is 5.75 Å². The van der Waals surface area contributed by atoms with E-state index in [1.807, 2.05) is 37.3 Å². The van der Waals surface area contributed by atoms with Crippen molar-refractivity contribution in [1.82, 2.24) is 0 Å². The van der Waals surface area contributed by atoms with Crippen LogP contribution < -0.4 is 4.18 Å². The predicted molar refractivity (Wildman–Crippen MR) is 110 cm³/mol. The van der Waals surface area contributed by atoms with Crippen LogP contribution >= 0.6 is 0 Å². The molecule has 3 aromatic carbocycles. The number of ether oxygens (including phenoxy) is 1. The minimum atomic E-state index is -4.05. The molecule has 1 unspecified atom stereocenters. The summed E-state index contributed by atoms with van der Waals surface area (Å²) < 4.78 is 36.6. The predicted octanol–water partition coefficient (Wildman–Crippen LogP) is 4.61. The van der Waals surface area contributed by atoms with E-state index < -0.39 is 16.2 Å². The van der Waals surface area contributed by atoms with E-state index in [4.69, 9.17) is 8.92 Å².